The maximum Gasteiger partial charge on any atom is 0 e. The summed E-state index contributed by atoms with van der Waals surface area (Å²) in [4.78, 5) is 3.01. The van der Waals surface area contributed by atoms with Crippen molar-refractivity contribution in [2.24, 2.45) is 0 Å². The Labute approximate surface area is 165 Å². The molecule has 1 aromatic heterocycles. The fourth-order valence-electron chi connectivity index (χ4n) is 3.31. The van der Waals surface area contributed by atoms with Crippen LogP contribution >= 0.6 is 0 Å². The van der Waals surface area contributed by atoms with E-state index in [0.717, 1.165) is 11.1 Å². The number of aromatic amines is 1. The minimum absolute atomic E-state index is 0. The van der Waals surface area contributed by atoms with Crippen LogP contribution in [-0.4, -0.2) is 4.98 Å². The fraction of sp³-hybridized carbons (Fsp3) is 0. The first kappa shape index (κ1) is 15.6. The van der Waals surface area contributed by atoms with Crippen LogP contribution in [0.5, 0.6) is 0 Å². The second-order valence-electron chi connectivity index (χ2n) is 5.85. The van der Waals surface area contributed by atoms with Crippen LogP contribution in [0, 0.1) is 12.3 Å². The standard InChI is InChI=1S/C22H13N.Y/c1-2-5-16-11-20-13-22-17(12-19(20)10-15(16)4-1)6-3-7-21(22)18-8-9-23-14-18;/h1-6,8-13,23H;/q-2;. The molecule has 0 bridgehead atoms. The molecular formula is C22H13NY-2. The molecule has 0 fully saturated rings. The van der Waals surface area contributed by atoms with E-state index in [1.165, 1.54) is 32.3 Å². The monoisotopic (exact) mass is 380 g/mol. The number of hydrogen-bond donors (Lipinski definition) is 1. The van der Waals surface area contributed by atoms with Crippen LogP contribution in [0.1, 0.15) is 0 Å². The molecule has 1 heterocycles. The SMILES string of the molecule is [Y].[c-]1[nH]ccc1-c1[c-]ccc2cc3cc4ccccc4cc3cc12. The van der Waals surface area contributed by atoms with E-state index in [1.807, 2.05) is 18.3 Å². The number of H-pyrrole nitrogens is 1. The molecule has 1 nitrogen and oxygen atoms in total. The van der Waals surface area contributed by atoms with Crippen LogP contribution in [0.25, 0.3) is 43.4 Å². The van der Waals surface area contributed by atoms with E-state index < -0.39 is 0 Å². The molecule has 1 N–H and O–H groups in total. The quantitative estimate of drug-likeness (QED) is 0.282. The molecule has 1 radical (unpaired) electrons. The van der Waals surface area contributed by atoms with Crippen molar-refractivity contribution in [3.8, 4) is 11.1 Å². The zero-order valence-electron chi connectivity index (χ0n) is 13.0. The van der Waals surface area contributed by atoms with Gasteiger partial charge in [-0.05, 0) is 33.7 Å². The van der Waals surface area contributed by atoms with Crippen molar-refractivity contribution >= 4 is 32.3 Å². The Hall–Kier alpha value is -1.96. The van der Waals surface area contributed by atoms with Gasteiger partial charge in [-0.3, -0.25) is 0 Å². The fourth-order valence-corrected chi connectivity index (χ4v) is 3.31. The summed E-state index contributed by atoms with van der Waals surface area (Å²) >= 11 is 0. The Bertz CT molecular complexity index is 1160. The summed E-state index contributed by atoms with van der Waals surface area (Å²) in [6.45, 7) is 0. The predicted octanol–water partition coefficient (Wildman–Crippen LogP) is 5.74. The summed E-state index contributed by atoms with van der Waals surface area (Å²) in [5.41, 5.74) is 2.15. The molecule has 5 aromatic rings. The van der Waals surface area contributed by atoms with Crippen molar-refractivity contribution in [1.29, 1.82) is 0 Å². The zero-order chi connectivity index (χ0) is 15.2. The van der Waals surface area contributed by atoms with Crippen molar-refractivity contribution < 1.29 is 32.7 Å². The van der Waals surface area contributed by atoms with Gasteiger partial charge in [-0.1, -0.05) is 36.4 Å². The Morgan fingerprint density at radius 3 is 2.12 bits per heavy atom. The van der Waals surface area contributed by atoms with E-state index in [-0.39, 0.29) is 32.7 Å². The van der Waals surface area contributed by atoms with Gasteiger partial charge in [0.15, 0.2) is 0 Å². The van der Waals surface area contributed by atoms with Gasteiger partial charge in [0.05, 0.1) is 0 Å². The predicted molar refractivity (Wildman–Crippen MR) is 96.4 cm³/mol. The average Bonchev–Trinajstić information content (AvgIpc) is 3.12. The number of nitrogens with one attached hydrogen (secondary N) is 1. The van der Waals surface area contributed by atoms with Gasteiger partial charge in [0.1, 0.15) is 0 Å². The molecule has 0 amide bonds. The molecule has 0 aliphatic carbocycles. The third-order valence-corrected chi connectivity index (χ3v) is 4.44. The van der Waals surface area contributed by atoms with Crippen molar-refractivity contribution in [3.63, 3.8) is 0 Å². The van der Waals surface area contributed by atoms with E-state index >= 15 is 0 Å². The first-order chi connectivity index (χ1) is 11.4. The average molecular weight is 380 g/mol. The Morgan fingerprint density at radius 2 is 1.42 bits per heavy atom. The molecule has 5 rings (SSSR count). The second kappa shape index (κ2) is 6.16. The first-order valence-electron chi connectivity index (χ1n) is 7.71. The van der Waals surface area contributed by atoms with Crippen molar-refractivity contribution in [2.45, 2.75) is 0 Å². The number of hydrogen-bond acceptors (Lipinski definition) is 0. The van der Waals surface area contributed by atoms with Crippen molar-refractivity contribution in [3.05, 3.63) is 85.2 Å². The van der Waals surface area contributed by atoms with Gasteiger partial charge in [0.25, 0.3) is 0 Å². The van der Waals surface area contributed by atoms with Crippen LogP contribution in [0.3, 0.4) is 0 Å². The molecule has 0 saturated heterocycles. The molecule has 24 heavy (non-hydrogen) atoms. The topological polar surface area (TPSA) is 15.8 Å². The maximum absolute atomic E-state index is 3.36. The molecule has 2 heteroatoms. The van der Waals surface area contributed by atoms with Crippen LogP contribution in [0.4, 0.5) is 0 Å². The Morgan fingerprint density at radius 1 is 0.708 bits per heavy atom. The Kier molecular flexibility index (Phi) is 4.00. The number of fused-ring (bicyclic) bond motifs is 3. The second-order valence-corrected chi connectivity index (χ2v) is 5.85. The normalized spacial score (nSPS) is 11.0. The van der Waals surface area contributed by atoms with Gasteiger partial charge < -0.3 is 4.98 Å². The van der Waals surface area contributed by atoms with E-state index in [4.69, 9.17) is 0 Å². The van der Waals surface area contributed by atoms with Crippen molar-refractivity contribution in [1.82, 2.24) is 4.98 Å². The summed E-state index contributed by atoms with van der Waals surface area (Å²) < 4.78 is 0. The molecule has 111 valence electrons. The van der Waals surface area contributed by atoms with Gasteiger partial charge in [0.2, 0.25) is 0 Å². The molecule has 4 aromatic carbocycles. The first-order valence-corrected chi connectivity index (χ1v) is 7.71. The van der Waals surface area contributed by atoms with Crippen LogP contribution in [-0.2, 0) is 32.7 Å². The largest absolute Gasteiger partial charge is 0.462 e. The van der Waals surface area contributed by atoms with E-state index in [0.29, 0.717) is 0 Å². The molecule has 0 unspecified atom stereocenters. The number of benzene rings is 4. The van der Waals surface area contributed by atoms with Gasteiger partial charge in [-0.2, -0.15) is 12.1 Å². The van der Waals surface area contributed by atoms with Crippen LogP contribution in [0.2, 0.25) is 0 Å². The van der Waals surface area contributed by atoms with Gasteiger partial charge in [-0.15, -0.1) is 29.2 Å². The van der Waals surface area contributed by atoms with E-state index in [9.17, 15) is 0 Å². The van der Waals surface area contributed by atoms with Gasteiger partial charge in [0, 0.05) is 32.7 Å². The molecule has 0 aliphatic rings. The summed E-state index contributed by atoms with van der Waals surface area (Å²) in [6, 6.07) is 27.1. The summed E-state index contributed by atoms with van der Waals surface area (Å²) in [5.74, 6) is 0. The Balaban J connectivity index is 0.00000146. The maximum atomic E-state index is 3.36. The van der Waals surface area contributed by atoms with Gasteiger partial charge >= 0.3 is 0 Å². The van der Waals surface area contributed by atoms with Gasteiger partial charge in [-0.25, -0.2) is 17.2 Å². The summed E-state index contributed by atoms with van der Waals surface area (Å²) in [6.07, 6.45) is 5.07. The molecule has 0 spiro atoms. The summed E-state index contributed by atoms with van der Waals surface area (Å²) in [7, 11) is 0. The molecule has 0 saturated carbocycles. The molecule has 0 aliphatic heterocycles. The zero-order valence-corrected chi connectivity index (χ0v) is 15.8. The molecular weight excluding hydrogens is 367 g/mol. The minimum atomic E-state index is 0. The smallest absolute Gasteiger partial charge is 0 e. The number of aromatic nitrogens is 1. The third kappa shape index (κ3) is 2.49. The van der Waals surface area contributed by atoms with Crippen LogP contribution < -0.4 is 0 Å². The van der Waals surface area contributed by atoms with Crippen LogP contribution in [0.15, 0.2) is 72.9 Å². The summed E-state index contributed by atoms with van der Waals surface area (Å²) in [5, 5.41) is 7.52. The minimum Gasteiger partial charge on any atom is -0.462 e. The van der Waals surface area contributed by atoms with Crippen molar-refractivity contribution in [2.75, 3.05) is 0 Å². The third-order valence-electron chi connectivity index (χ3n) is 4.44. The molecule has 0 atom stereocenters. The van der Waals surface area contributed by atoms with E-state index in [1.54, 1.807) is 0 Å². The number of rotatable bonds is 1. The van der Waals surface area contributed by atoms with E-state index in [2.05, 4.69) is 71.8 Å².